The summed E-state index contributed by atoms with van der Waals surface area (Å²) in [5.41, 5.74) is 0.782. The van der Waals surface area contributed by atoms with Crippen molar-refractivity contribution in [3.05, 3.63) is 48.5 Å². The van der Waals surface area contributed by atoms with E-state index in [-0.39, 0.29) is 23.0 Å². The molecule has 0 saturated heterocycles. The first-order chi connectivity index (χ1) is 13.4. The van der Waals surface area contributed by atoms with Crippen molar-refractivity contribution in [3.8, 4) is 11.6 Å². The number of H-pyrrole nitrogens is 1. The van der Waals surface area contributed by atoms with Gasteiger partial charge in [-0.1, -0.05) is 25.9 Å². The Kier molecular flexibility index (Phi) is 4.30. The van der Waals surface area contributed by atoms with Crippen LogP contribution in [0.1, 0.15) is 43.1 Å². The van der Waals surface area contributed by atoms with E-state index >= 15 is 0 Å². The van der Waals surface area contributed by atoms with E-state index in [1.54, 1.807) is 30.7 Å². The van der Waals surface area contributed by atoms with E-state index in [1.165, 1.54) is 6.33 Å². The number of nitrogens with one attached hydrogen (secondary N) is 2. The number of carbonyl (C=O) groups excluding carboxylic acids is 1. The summed E-state index contributed by atoms with van der Waals surface area (Å²) in [5, 5.41) is 14.1. The van der Waals surface area contributed by atoms with Gasteiger partial charge in [0.25, 0.3) is 5.91 Å². The number of nitrogens with zero attached hydrogens (tertiary/aromatic N) is 6. The predicted octanol–water partition coefficient (Wildman–Crippen LogP) is 2.32. The first-order valence-electron chi connectivity index (χ1n) is 8.62. The number of amides is 1. The van der Waals surface area contributed by atoms with Crippen LogP contribution in [-0.2, 0) is 0 Å². The minimum absolute atomic E-state index is 0.273. The van der Waals surface area contributed by atoms with Gasteiger partial charge >= 0.3 is 0 Å². The third-order valence-corrected chi connectivity index (χ3v) is 4.24. The highest BCUT2D eigenvalue weighted by Crippen LogP contribution is 2.33. The minimum Gasteiger partial charge on any atom is -0.340 e. The van der Waals surface area contributed by atoms with Crippen molar-refractivity contribution in [1.29, 1.82) is 0 Å². The van der Waals surface area contributed by atoms with Gasteiger partial charge in [-0.15, -0.1) is 0 Å². The molecule has 0 saturated carbocycles. The SMILES string of the molecule is CC(C)(C)C(NC(=O)c1ccnc2ccncc12)c1nc(-c2ncn[nH]2)no1. The Morgan fingerprint density at radius 3 is 2.82 bits per heavy atom. The van der Waals surface area contributed by atoms with Crippen LogP contribution in [0.5, 0.6) is 0 Å². The largest absolute Gasteiger partial charge is 0.340 e. The van der Waals surface area contributed by atoms with Crippen LogP contribution in [0.3, 0.4) is 0 Å². The zero-order valence-corrected chi connectivity index (χ0v) is 15.5. The summed E-state index contributed by atoms with van der Waals surface area (Å²) in [6.45, 7) is 5.92. The zero-order valence-electron chi connectivity index (χ0n) is 15.5. The van der Waals surface area contributed by atoms with Crippen molar-refractivity contribution < 1.29 is 9.32 Å². The van der Waals surface area contributed by atoms with Gasteiger partial charge in [-0.05, 0) is 17.5 Å². The van der Waals surface area contributed by atoms with Gasteiger partial charge in [0.1, 0.15) is 12.4 Å². The van der Waals surface area contributed by atoms with Crippen molar-refractivity contribution in [2.75, 3.05) is 0 Å². The standard InChI is InChI=1S/C18H18N8O2/c1-18(2,3)13(17-24-15(26-28-17)14-21-9-22-25-14)23-16(27)10-4-7-20-12-5-6-19-8-11(10)12/h4-9,13H,1-3H3,(H,23,27)(H,21,22,25). The predicted molar refractivity (Wildman–Crippen MR) is 98.9 cm³/mol. The lowest BCUT2D eigenvalue weighted by atomic mass is 9.86. The Bertz CT molecular complexity index is 1110. The van der Waals surface area contributed by atoms with Crippen LogP contribution < -0.4 is 5.32 Å². The molecule has 0 aromatic carbocycles. The summed E-state index contributed by atoms with van der Waals surface area (Å²) in [5.74, 6) is 0.665. The fraction of sp³-hybridized carbons (Fsp3) is 0.278. The Labute approximate surface area is 159 Å². The van der Waals surface area contributed by atoms with Crippen LogP contribution in [0.4, 0.5) is 0 Å². The monoisotopic (exact) mass is 378 g/mol. The van der Waals surface area contributed by atoms with E-state index in [4.69, 9.17) is 4.52 Å². The number of carbonyl (C=O) groups is 1. The van der Waals surface area contributed by atoms with Crippen LogP contribution in [0, 0.1) is 5.41 Å². The van der Waals surface area contributed by atoms with Gasteiger partial charge in [0.15, 0.2) is 5.82 Å². The van der Waals surface area contributed by atoms with Crippen molar-refractivity contribution >= 4 is 16.8 Å². The maximum atomic E-state index is 13.0. The lowest BCUT2D eigenvalue weighted by Gasteiger charge is -2.28. The molecule has 4 aromatic rings. The van der Waals surface area contributed by atoms with E-state index in [9.17, 15) is 4.79 Å². The second-order valence-corrected chi connectivity index (χ2v) is 7.31. The lowest BCUT2D eigenvalue weighted by molar-refractivity contribution is 0.0882. The summed E-state index contributed by atoms with van der Waals surface area (Å²) < 4.78 is 5.41. The van der Waals surface area contributed by atoms with Crippen LogP contribution in [0.2, 0.25) is 0 Å². The quantitative estimate of drug-likeness (QED) is 0.552. The number of pyridine rings is 2. The number of hydrogen-bond acceptors (Lipinski definition) is 8. The molecule has 1 amide bonds. The van der Waals surface area contributed by atoms with Crippen LogP contribution in [0.25, 0.3) is 22.6 Å². The van der Waals surface area contributed by atoms with Crippen molar-refractivity contribution in [2.24, 2.45) is 5.41 Å². The first kappa shape index (κ1) is 17.7. The number of fused-ring (bicyclic) bond motifs is 1. The topological polar surface area (TPSA) is 135 Å². The van der Waals surface area contributed by atoms with E-state index in [0.29, 0.717) is 22.3 Å². The Balaban J connectivity index is 1.67. The van der Waals surface area contributed by atoms with Crippen LogP contribution >= 0.6 is 0 Å². The lowest BCUT2D eigenvalue weighted by Crippen LogP contribution is -2.37. The zero-order chi connectivity index (χ0) is 19.7. The normalized spacial score (nSPS) is 12.8. The molecule has 4 rings (SSSR count). The van der Waals surface area contributed by atoms with Gasteiger partial charge in [0, 0.05) is 24.0 Å². The molecule has 28 heavy (non-hydrogen) atoms. The fourth-order valence-corrected chi connectivity index (χ4v) is 2.81. The number of rotatable bonds is 4. The summed E-state index contributed by atoms with van der Waals surface area (Å²) in [6.07, 6.45) is 6.21. The van der Waals surface area contributed by atoms with E-state index < -0.39 is 6.04 Å². The molecule has 0 aliphatic heterocycles. The van der Waals surface area contributed by atoms with Gasteiger partial charge in [0.05, 0.1) is 11.1 Å². The third-order valence-electron chi connectivity index (χ3n) is 4.24. The molecule has 10 nitrogen and oxygen atoms in total. The third kappa shape index (κ3) is 3.31. The molecule has 0 fully saturated rings. The Morgan fingerprint density at radius 2 is 2.07 bits per heavy atom. The average Bonchev–Trinajstić information content (AvgIpc) is 3.36. The second-order valence-electron chi connectivity index (χ2n) is 7.31. The van der Waals surface area contributed by atoms with Gasteiger partial charge in [-0.2, -0.15) is 10.1 Å². The number of aromatic amines is 1. The molecule has 0 spiro atoms. The van der Waals surface area contributed by atoms with Gasteiger partial charge < -0.3 is 9.84 Å². The summed E-state index contributed by atoms with van der Waals surface area (Å²) in [7, 11) is 0. The highest BCUT2D eigenvalue weighted by Gasteiger charge is 2.33. The average molecular weight is 378 g/mol. The minimum atomic E-state index is -0.524. The molecule has 142 valence electrons. The molecule has 1 unspecified atom stereocenters. The fourth-order valence-electron chi connectivity index (χ4n) is 2.81. The van der Waals surface area contributed by atoms with Gasteiger partial charge in [0.2, 0.25) is 11.7 Å². The number of aromatic nitrogens is 7. The maximum Gasteiger partial charge on any atom is 0.252 e. The van der Waals surface area contributed by atoms with Crippen molar-refractivity contribution in [3.63, 3.8) is 0 Å². The number of hydrogen-bond donors (Lipinski definition) is 2. The van der Waals surface area contributed by atoms with Gasteiger partial charge in [-0.3, -0.25) is 19.9 Å². The molecule has 0 aliphatic carbocycles. The summed E-state index contributed by atoms with van der Waals surface area (Å²) in [6, 6.07) is 2.89. The molecular formula is C18H18N8O2. The van der Waals surface area contributed by atoms with Crippen molar-refractivity contribution in [2.45, 2.75) is 26.8 Å². The van der Waals surface area contributed by atoms with Crippen molar-refractivity contribution in [1.82, 2.24) is 40.6 Å². The second kappa shape index (κ2) is 6.80. The molecule has 4 heterocycles. The van der Waals surface area contributed by atoms with E-state index in [1.807, 2.05) is 20.8 Å². The maximum absolute atomic E-state index is 13.0. The molecule has 2 N–H and O–H groups in total. The van der Waals surface area contributed by atoms with Crippen LogP contribution in [0.15, 0.2) is 41.6 Å². The Hall–Kier alpha value is -3.69. The molecule has 4 aromatic heterocycles. The van der Waals surface area contributed by atoms with E-state index in [0.717, 1.165) is 0 Å². The first-order valence-corrected chi connectivity index (χ1v) is 8.62. The molecular weight excluding hydrogens is 360 g/mol. The molecule has 1 atom stereocenters. The highest BCUT2D eigenvalue weighted by atomic mass is 16.5. The summed E-state index contributed by atoms with van der Waals surface area (Å²) >= 11 is 0. The molecule has 10 heteroatoms. The smallest absolute Gasteiger partial charge is 0.252 e. The molecule has 0 radical (unpaired) electrons. The Morgan fingerprint density at radius 1 is 1.21 bits per heavy atom. The molecule has 0 aliphatic rings. The van der Waals surface area contributed by atoms with Crippen LogP contribution in [-0.4, -0.2) is 41.2 Å². The highest BCUT2D eigenvalue weighted by molar-refractivity contribution is 6.05. The summed E-state index contributed by atoms with van der Waals surface area (Å²) in [4.78, 5) is 29.8. The molecule has 0 bridgehead atoms. The van der Waals surface area contributed by atoms with Gasteiger partial charge in [-0.25, -0.2) is 4.98 Å². The van der Waals surface area contributed by atoms with E-state index in [2.05, 4.69) is 40.6 Å².